The minimum Gasteiger partial charge on any atom is -0.393 e. The summed E-state index contributed by atoms with van der Waals surface area (Å²) in [5.74, 6) is -0.329. The quantitative estimate of drug-likeness (QED) is 0.443. The fourth-order valence-corrected chi connectivity index (χ4v) is 9.49. The Morgan fingerprint density at radius 1 is 1.20 bits per heavy atom. The lowest BCUT2D eigenvalue weighted by Gasteiger charge is -2.59. The van der Waals surface area contributed by atoms with Crippen molar-refractivity contribution in [2.75, 3.05) is 5.75 Å². The Morgan fingerprint density at radius 3 is 2.73 bits per heavy atom. The summed E-state index contributed by atoms with van der Waals surface area (Å²) in [6.45, 7) is 4.02. The van der Waals surface area contributed by atoms with Crippen molar-refractivity contribution in [2.24, 2.45) is 28.6 Å². The van der Waals surface area contributed by atoms with E-state index in [1.165, 1.54) is 24.0 Å². The standard InChI is InChI=1S/C31H32F3NO4S/c1-28-10-7-19(36)13-17(28)3-5-20-22-8-11-30(39,29(22,2)15-24(37)27(20)28)26(38)16-40-25-9-12-35-23-14-18(31(32,33)34)4-6-21(23)25/h4,6-7,9-10,12-14,20,22,24,27,37,39H,3,5,8,11,15-16H2,1-2H3/t20?,22?,24-,27?,28?,29?,30-/m0/s1. The molecule has 0 radical (unpaired) electrons. The van der Waals surface area contributed by atoms with Crippen LogP contribution in [0.5, 0.6) is 0 Å². The van der Waals surface area contributed by atoms with Crippen LogP contribution < -0.4 is 0 Å². The first-order chi connectivity index (χ1) is 18.8. The SMILES string of the molecule is CC12C=CC(=O)C=C1CCC1C2[C@@H](O)CC2(C)C1CC[C@]2(O)C(=O)CSc1ccnc2cc(C(F)(F)F)ccc12. The molecule has 40 heavy (non-hydrogen) atoms. The first-order valence-corrected chi connectivity index (χ1v) is 14.7. The van der Waals surface area contributed by atoms with Crippen LogP contribution in [0.4, 0.5) is 13.2 Å². The number of halogens is 3. The number of hydrogen-bond donors (Lipinski definition) is 2. The van der Waals surface area contributed by atoms with Crippen LogP contribution >= 0.6 is 11.8 Å². The summed E-state index contributed by atoms with van der Waals surface area (Å²) < 4.78 is 39.5. The van der Waals surface area contributed by atoms with Crippen LogP contribution in [0.25, 0.3) is 10.9 Å². The van der Waals surface area contributed by atoms with Gasteiger partial charge < -0.3 is 10.2 Å². The second kappa shape index (κ2) is 9.26. The van der Waals surface area contributed by atoms with E-state index >= 15 is 0 Å². The number of carbonyl (C=O) groups excluding carboxylic acids is 2. The number of aromatic nitrogens is 1. The Labute approximate surface area is 234 Å². The Morgan fingerprint density at radius 2 is 1.98 bits per heavy atom. The van der Waals surface area contributed by atoms with E-state index in [4.69, 9.17) is 0 Å². The molecule has 3 fully saturated rings. The van der Waals surface area contributed by atoms with E-state index in [9.17, 15) is 33.0 Å². The molecule has 212 valence electrons. The smallest absolute Gasteiger partial charge is 0.393 e. The average molecular weight is 572 g/mol. The minimum absolute atomic E-state index is 0.0258. The molecule has 4 aliphatic carbocycles. The zero-order valence-corrected chi connectivity index (χ0v) is 23.2. The number of aliphatic hydroxyl groups excluding tert-OH is 1. The predicted octanol–water partition coefficient (Wildman–Crippen LogP) is 5.92. The Balaban J connectivity index is 1.24. The second-order valence-electron chi connectivity index (χ2n) is 12.4. The summed E-state index contributed by atoms with van der Waals surface area (Å²) in [7, 11) is 0. The number of hydrogen-bond acceptors (Lipinski definition) is 6. The van der Waals surface area contributed by atoms with E-state index in [0.717, 1.165) is 30.5 Å². The Bertz CT molecular complexity index is 1470. The lowest BCUT2D eigenvalue weighted by Crippen LogP contribution is -2.61. The molecule has 0 spiro atoms. The maximum Gasteiger partial charge on any atom is 0.416 e. The Hall–Kier alpha value is -2.49. The molecule has 0 bridgehead atoms. The third-order valence-corrected chi connectivity index (χ3v) is 11.6. The molecule has 0 amide bonds. The average Bonchev–Trinajstić information content (AvgIpc) is 3.17. The summed E-state index contributed by atoms with van der Waals surface area (Å²) in [4.78, 5) is 30.5. The van der Waals surface area contributed by atoms with Gasteiger partial charge in [0.05, 0.1) is 22.9 Å². The maximum atomic E-state index is 13.7. The molecule has 5 nitrogen and oxygen atoms in total. The van der Waals surface area contributed by atoms with Crippen molar-refractivity contribution in [2.45, 2.75) is 68.7 Å². The van der Waals surface area contributed by atoms with Gasteiger partial charge in [0, 0.05) is 33.2 Å². The fraction of sp³-hybridized carbons (Fsp3) is 0.516. The number of Topliss-reactive ketones (excluding diaryl/α,β-unsaturated/α-hetero) is 1. The molecule has 9 heteroatoms. The van der Waals surface area contributed by atoms with Gasteiger partial charge in [-0.25, -0.2) is 0 Å². The summed E-state index contributed by atoms with van der Waals surface area (Å²) in [5, 5.41) is 24.1. The molecule has 1 aromatic heterocycles. The molecule has 7 atom stereocenters. The van der Waals surface area contributed by atoms with Gasteiger partial charge in [0.25, 0.3) is 0 Å². The van der Waals surface area contributed by atoms with Gasteiger partial charge >= 0.3 is 6.18 Å². The molecule has 2 N–H and O–H groups in total. The van der Waals surface area contributed by atoms with Gasteiger partial charge in [-0.05, 0) is 74.3 Å². The predicted molar refractivity (Wildman–Crippen MR) is 145 cm³/mol. The lowest BCUT2D eigenvalue weighted by molar-refractivity contribution is -0.174. The third-order valence-electron chi connectivity index (χ3n) is 10.5. The fourth-order valence-electron chi connectivity index (χ4n) is 8.48. The van der Waals surface area contributed by atoms with Crippen LogP contribution in [0, 0.1) is 28.6 Å². The molecule has 0 aliphatic heterocycles. The summed E-state index contributed by atoms with van der Waals surface area (Å²) >= 11 is 1.19. The molecule has 1 heterocycles. The van der Waals surface area contributed by atoms with Crippen molar-refractivity contribution < 1.29 is 33.0 Å². The molecule has 3 saturated carbocycles. The normalized spacial score (nSPS) is 37.1. The van der Waals surface area contributed by atoms with E-state index in [2.05, 4.69) is 11.9 Å². The van der Waals surface area contributed by atoms with Gasteiger partial charge in [-0.3, -0.25) is 14.6 Å². The number of ketones is 2. The van der Waals surface area contributed by atoms with Crippen LogP contribution in [0.2, 0.25) is 0 Å². The topological polar surface area (TPSA) is 87.5 Å². The van der Waals surface area contributed by atoms with Gasteiger partial charge in [-0.2, -0.15) is 13.2 Å². The zero-order valence-electron chi connectivity index (χ0n) is 22.4. The first kappa shape index (κ1) is 27.7. The van der Waals surface area contributed by atoms with Crippen LogP contribution in [0.15, 0.2) is 59.2 Å². The molecule has 4 aliphatic rings. The summed E-state index contributed by atoms with van der Waals surface area (Å²) in [5.41, 5.74) is -2.38. The highest BCUT2D eigenvalue weighted by molar-refractivity contribution is 8.00. The van der Waals surface area contributed by atoms with E-state index in [0.29, 0.717) is 23.1 Å². The highest BCUT2D eigenvalue weighted by atomic mass is 32.2. The van der Waals surface area contributed by atoms with Crippen LogP contribution in [0.1, 0.15) is 51.5 Å². The molecule has 0 saturated heterocycles. The molecular weight excluding hydrogens is 539 g/mol. The largest absolute Gasteiger partial charge is 0.416 e. The summed E-state index contributed by atoms with van der Waals surface area (Å²) in [6, 6.07) is 5.05. The number of carbonyl (C=O) groups is 2. The van der Waals surface area contributed by atoms with E-state index in [1.807, 2.05) is 13.0 Å². The number of allylic oxidation sites excluding steroid dienone is 4. The summed E-state index contributed by atoms with van der Waals surface area (Å²) in [6.07, 6.45) is 4.25. The first-order valence-electron chi connectivity index (χ1n) is 13.7. The van der Waals surface area contributed by atoms with Crippen LogP contribution in [-0.2, 0) is 15.8 Å². The van der Waals surface area contributed by atoms with Crippen molar-refractivity contribution in [3.63, 3.8) is 0 Å². The van der Waals surface area contributed by atoms with Crippen LogP contribution in [0.3, 0.4) is 0 Å². The number of aliphatic hydroxyl groups is 2. The lowest BCUT2D eigenvalue weighted by atomic mass is 9.46. The van der Waals surface area contributed by atoms with E-state index in [-0.39, 0.29) is 47.0 Å². The van der Waals surface area contributed by atoms with Crippen molar-refractivity contribution in [3.8, 4) is 0 Å². The van der Waals surface area contributed by atoms with Gasteiger partial charge in [-0.1, -0.05) is 31.6 Å². The monoisotopic (exact) mass is 571 g/mol. The van der Waals surface area contributed by atoms with E-state index < -0.39 is 34.3 Å². The highest BCUT2D eigenvalue weighted by Crippen LogP contribution is 2.67. The van der Waals surface area contributed by atoms with Crippen molar-refractivity contribution in [3.05, 3.63) is 59.8 Å². The van der Waals surface area contributed by atoms with Gasteiger partial charge in [-0.15, -0.1) is 11.8 Å². The van der Waals surface area contributed by atoms with Crippen molar-refractivity contribution in [1.82, 2.24) is 4.98 Å². The third kappa shape index (κ3) is 4.02. The molecule has 2 aromatic rings. The minimum atomic E-state index is -4.48. The van der Waals surface area contributed by atoms with Crippen molar-refractivity contribution in [1.29, 1.82) is 0 Å². The number of rotatable bonds is 4. The molecule has 5 unspecified atom stereocenters. The van der Waals surface area contributed by atoms with E-state index in [1.54, 1.807) is 18.2 Å². The number of pyridine rings is 1. The molecule has 1 aromatic carbocycles. The second-order valence-corrected chi connectivity index (χ2v) is 13.4. The molecular formula is C31H32F3NO4S. The number of fused-ring (bicyclic) bond motifs is 6. The zero-order chi connectivity index (χ0) is 28.7. The number of benzene rings is 1. The Kier molecular flexibility index (Phi) is 6.41. The number of alkyl halides is 3. The number of nitrogens with zero attached hydrogens (tertiary/aromatic N) is 1. The van der Waals surface area contributed by atoms with Gasteiger partial charge in [0.15, 0.2) is 11.6 Å². The van der Waals surface area contributed by atoms with Crippen LogP contribution in [-0.4, -0.2) is 44.2 Å². The number of thioether (sulfide) groups is 1. The van der Waals surface area contributed by atoms with Gasteiger partial charge in [0.1, 0.15) is 5.60 Å². The maximum absolute atomic E-state index is 13.7. The molecule has 6 rings (SSSR count). The van der Waals surface area contributed by atoms with Crippen molar-refractivity contribution >= 4 is 34.2 Å². The van der Waals surface area contributed by atoms with Gasteiger partial charge in [0.2, 0.25) is 0 Å². The highest BCUT2D eigenvalue weighted by Gasteiger charge is 2.68.